The molecule has 30 heavy (non-hydrogen) atoms. The summed E-state index contributed by atoms with van der Waals surface area (Å²) in [6.45, 7) is 2.92. The number of piperazine rings is 1. The van der Waals surface area contributed by atoms with Crippen molar-refractivity contribution in [3.63, 3.8) is 0 Å². The Morgan fingerprint density at radius 2 is 1.67 bits per heavy atom. The van der Waals surface area contributed by atoms with Crippen molar-refractivity contribution in [2.75, 3.05) is 38.5 Å². The van der Waals surface area contributed by atoms with Crippen molar-refractivity contribution in [2.24, 2.45) is 0 Å². The number of halogens is 2. The number of para-hydroxylation sites is 1. The van der Waals surface area contributed by atoms with Crippen LogP contribution in [0.1, 0.15) is 39.0 Å². The third-order valence-corrected chi connectivity index (χ3v) is 8.23. The van der Waals surface area contributed by atoms with Crippen LogP contribution in [0.5, 0.6) is 0 Å². The Kier molecular flexibility index (Phi) is 7.43. The van der Waals surface area contributed by atoms with Gasteiger partial charge in [0.2, 0.25) is 5.91 Å². The molecule has 3 rings (SSSR count). The maximum Gasteiger partial charge on any atom is 0.282 e. The van der Waals surface area contributed by atoms with Crippen molar-refractivity contribution in [1.29, 1.82) is 0 Å². The fourth-order valence-electron chi connectivity index (χ4n) is 4.15. The number of anilines is 1. The molecule has 2 fully saturated rings. The van der Waals surface area contributed by atoms with Gasteiger partial charge in [-0.15, -0.1) is 0 Å². The molecule has 1 unspecified atom stereocenters. The first-order valence-electron chi connectivity index (χ1n) is 10.4. The summed E-state index contributed by atoms with van der Waals surface area (Å²) in [4.78, 5) is 14.3. The van der Waals surface area contributed by atoms with Crippen molar-refractivity contribution in [3.05, 3.63) is 29.8 Å². The molecule has 1 saturated carbocycles. The minimum atomic E-state index is -3.55. The number of nitrogens with zero attached hydrogens (tertiary/aromatic N) is 3. The van der Waals surface area contributed by atoms with Gasteiger partial charge in [0, 0.05) is 39.3 Å². The van der Waals surface area contributed by atoms with Gasteiger partial charge in [0.15, 0.2) is 0 Å². The number of carbonyl (C=O) groups is 1. The molecule has 1 aliphatic carbocycles. The molecule has 7 nitrogen and oxygen atoms in total. The third kappa shape index (κ3) is 4.99. The first kappa shape index (κ1) is 23.1. The molecular formula is C20H30F2N4O3S. The largest absolute Gasteiger partial charge is 0.320 e. The molecule has 168 valence electrons. The van der Waals surface area contributed by atoms with Gasteiger partial charge in [0.25, 0.3) is 10.2 Å². The smallest absolute Gasteiger partial charge is 0.282 e. The van der Waals surface area contributed by atoms with E-state index in [1.807, 2.05) is 4.90 Å². The van der Waals surface area contributed by atoms with Crippen LogP contribution in [0, 0.1) is 11.6 Å². The monoisotopic (exact) mass is 444 g/mol. The highest BCUT2D eigenvalue weighted by Gasteiger charge is 2.36. The molecule has 2 aliphatic rings. The second kappa shape index (κ2) is 9.67. The summed E-state index contributed by atoms with van der Waals surface area (Å²) in [5.74, 6) is -2.20. The summed E-state index contributed by atoms with van der Waals surface area (Å²) < 4.78 is 56.5. The molecule has 0 aromatic heterocycles. The molecule has 0 radical (unpaired) electrons. The molecule has 1 aliphatic heterocycles. The Morgan fingerprint density at radius 3 is 2.23 bits per heavy atom. The van der Waals surface area contributed by atoms with E-state index in [1.165, 1.54) is 14.7 Å². The zero-order chi connectivity index (χ0) is 21.9. The van der Waals surface area contributed by atoms with E-state index in [1.54, 1.807) is 14.0 Å². The van der Waals surface area contributed by atoms with E-state index >= 15 is 0 Å². The summed E-state index contributed by atoms with van der Waals surface area (Å²) in [5, 5.41) is 2.31. The maximum absolute atomic E-state index is 13.8. The van der Waals surface area contributed by atoms with E-state index in [9.17, 15) is 22.0 Å². The van der Waals surface area contributed by atoms with Crippen molar-refractivity contribution >= 4 is 21.8 Å². The molecule has 0 spiro atoms. The number of hydrogen-bond donors (Lipinski definition) is 1. The van der Waals surface area contributed by atoms with Gasteiger partial charge in [0.05, 0.1) is 6.04 Å². The standard InChI is InChI=1S/C20H30F2N4O3S/c1-15(20(27)23-19-17(21)9-6-10-18(19)22)25-11-13-26(14-12-25)30(28,29)24(2)16-7-4-3-5-8-16/h6,9-10,15-16H,3-5,7-8,11-14H2,1-2H3,(H,23,27). The number of rotatable bonds is 6. The van der Waals surface area contributed by atoms with Gasteiger partial charge < -0.3 is 5.32 Å². The lowest BCUT2D eigenvalue weighted by molar-refractivity contribution is -0.121. The number of hydrogen-bond acceptors (Lipinski definition) is 4. The molecule has 1 aromatic rings. The molecule has 0 bridgehead atoms. The van der Waals surface area contributed by atoms with Crippen molar-refractivity contribution in [2.45, 2.75) is 51.1 Å². The molecule has 1 atom stereocenters. The number of amides is 1. The fraction of sp³-hybridized carbons (Fsp3) is 0.650. The minimum absolute atomic E-state index is 0.0437. The molecule has 1 aromatic carbocycles. The predicted octanol–water partition coefficient (Wildman–Crippen LogP) is 2.42. The van der Waals surface area contributed by atoms with Gasteiger partial charge in [0.1, 0.15) is 17.3 Å². The molecule has 1 N–H and O–H groups in total. The Morgan fingerprint density at radius 1 is 1.10 bits per heavy atom. The van der Waals surface area contributed by atoms with E-state index in [0.717, 1.165) is 44.2 Å². The molecular weight excluding hydrogens is 414 g/mol. The highest BCUT2D eigenvalue weighted by Crippen LogP contribution is 2.25. The first-order chi connectivity index (χ1) is 14.2. The van der Waals surface area contributed by atoms with Gasteiger partial charge in [-0.1, -0.05) is 25.3 Å². The number of benzene rings is 1. The second-order valence-corrected chi connectivity index (χ2v) is 10.0. The van der Waals surface area contributed by atoms with Gasteiger partial charge in [-0.05, 0) is 31.9 Å². The van der Waals surface area contributed by atoms with Crippen LogP contribution in [0.25, 0.3) is 0 Å². The van der Waals surface area contributed by atoms with E-state index in [2.05, 4.69) is 5.32 Å². The Labute approximate surface area is 177 Å². The lowest BCUT2D eigenvalue weighted by Gasteiger charge is -2.40. The summed E-state index contributed by atoms with van der Waals surface area (Å²) in [6, 6.07) is 2.78. The number of carbonyl (C=O) groups excluding carboxylic acids is 1. The Hall–Kier alpha value is -1.62. The zero-order valence-corrected chi connectivity index (χ0v) is 18.3. The van der Waals surface area contributed by atoms with Crippen LogP contribution >= 0.6 is 0 Å². The van der Waals surface area contributed by atoms with E-state index < -0.39 is 39.5 Å². The quantitative estimate of drug-likeness (QED) is 0.732. The van der Waals surface area contributed by atoms with Crippen molar-refractivity contribution < 1.29 is 22.0 Å². The molecule has 1 heterocycles. The van der Waals surface area contributed by atoms with Gasteiger partial charge in [-0.25, -0.2) is 8.78 Å². The van der Waals surface area contributed by atoms with Gasteiger partial charge in [-0.2, -0.15) is 17.0 Å². The topological polar surface area (TPSA) is 73.0 Å². The molecule has 1 saturated heterocycles. The summed E-state index contributed by atoms with van der Waals surface area (Å²) >= 11 is 0. The van der Waals surface area contributed by atoms with Crippen LogP contribution in [0.3, 0.4) is 0 Å². The third-order valence-electron chi connectivity index (χ3n) is 6.19. The van der Waals surface area contributed by atoms with Crippen LogP contribution in [0.15, 0.2) is 18.2 Å². The highest BCUT2D eigenvalue weighted by molar-refractivity contribution is 7.86. The lowest BCUT2D eigenvalue weighted by atomic mass is 9.96. The highest BCUT2D eigenvalue weighted by atomic mass is 32.2. The van der Waals surface area contributed by atoms with Crippen molar-refractivity contribution in [1.82, 2.24) is 13.5 Å². The first-order valence-corrected chi connectivity index (χ1v) is 11.8. The fourth-order valence-corrected chi connectivity index (χ4v) is 5.72. The Bertz CT molecular complexity index is 833. The van der Waals surface area contributed by atoms with Gasteiger partial charge in [-0.3, -0.25) is 9.69 Å². The average molecular weight is 445 g/mol. The van der Waals surface area contributed by atoms with Crippen LogP contribution in [-0.4, -0.2) is 73.1 Å². The predicted molar refractivity (Wildman–Crippen MR) is 111 cm³/mol. The maximum atomic E-state index is 13.8. The van der Waals surface area contributed by atoms with Gasteiger partial charge >= 0.3 is 0 Å². The van der Waals surface area contributed by atoms with E-state index in [0.29, 0.717) is 13.1 Å². The Balaban J connectivity index is 1.57. The summed E-state index contributed by atoms with van der Waals surface area (Å²) in [6.07, 6.45) is 5.03. The summed E-state index contributed by atoms with van der Waals surface area (Å²) in [7, 11) is -1.90. The summed E-state index contributed by atoms with van der Waals surface area (Å²) in [5.41, 5.74) is -0.468. The van der Waals surface area contributed by atoms with E-state index in [4.69, 9.17) is 0 Å². The van der Waals surface area contributed by atoms with Crippen LogP contribution < -0.4 is 5.32 Å². The minimum Gasteiger partial charge on any atom is -0.320 e. The SMILES string of the molecule is CC(C(=O)Nc1c(F)cccc1F)N1CCN(S(=O)(=O)N(C)C2CCCCC2)CC1. The normalized spacial score (nSPS) is 21.0. The number of nitrogens with one attached hydrogen (secondary N) is 1. The lowest BCUT2D eigenvalue weighted by Crippen LogP contribution is -2.57. The second-order valence-electron chi connectivity index (χ2n) is 8.01. The van der Waals surface area contributed by atoms with Crippen LogP contribution in [0.2, 0.25) is 0 Å². The average Bonchev–Trinajstić information content (AvgIpc) is 2.76. The van der Waals surface area contributed by atoms with E-state index in [-0.39, 0.29) is 19.1 Å². The van der Waals surface area contributed by atoms with Crippen LogP contribution in [-0.2, 0) is 15.0 Å². The zero-order valence-electron chi connectivity index (χ0n) is 17.5. The van der Waals surface area contributed by atoms with Crippen LogP contribution in [0.4, 0.5) is 14.5 Å². The molecule has 1 amide bonds. The van der Waals surface area contributed by atoms with Crippen molar-refractivity contribution in [3.8, 4) is 0 Å². The molecule has 10 heteroatoms.